The molecule has 0 amide bonds. The molecule has 1 N–H and O–H groups in total. The highest BCUT2D eigenvalue weighted by Crippen LogP contribution is 2.21. The molecule has 5 heteroatoms. The third kappa shape index (κ3) is 3.36. The SMILES string of the molecule is CCOC(=O)c1c(C)[nH]c(C(=O)/C=C/c2ccc(C)s2)c1C. The Morgan fingerprint density at radius 1 is 1.27 bits per heavy atom. The molecule has 0 saturated heterocycles. The minimum absolute atomic E-state index is 0.151. The molecule has 0 atom stereocenters. The maximum Gasteiger partial charge on any atom is 0.340 e. The van der Waals surface area contributed by atoms with Gasteiger partial charge in [0.1, 0.15) is 0 Å². The highest BCUT2D eigenvalue weighted by Gasteiger charge is 2.21. The Kier molecular flexibility index (Phi) is 4.98. The summed E-state index contributed by atoms with van der Waals surface area (Å²) in [6.07, 6.45) is 3.32. The molecule has 0 radical (unpaired) electrons. The van der Waals surface area contributed by atoms with Crippen LogP contribution < -0.4 is 0 Å². The van der Waals surface area contributed by atoms with Crippen molar-refractivity contribution in [2.45, 2.75) is 27.7 Å². The van der Waals surface area contributed by atoms with Crippen LogP contribution in [0, 0.1) is 20.8 Å². The number of hydrogen-bond donors (Lipinski definition) is 1. The Bertz CT molecular complexity index is 737. The molecule has 0 aliphatic carbocycles. The minimum Gasteiger partial charge on any atom is -0.462 e. The third-order valence-electron chi connectivity index (χ3n) is 3.32. The molecule has 2 heterocycles. The monoisotopic (exact) mass is 317 g/mol. The van der Waals surface area contributed by atoms with Crippen LogP contribution in [0.25, 0.3) is 6.08 Å². The number of hydrogen-bond acceptors (Lipinski definition) is 4. The van der Waals surface area contributed by atoms with Crippen molar-refractivity contribution in [1.82, 2.24) is 4.98 Å². The maximum absolute atomic E-state index is 12.3. The third-order valence-corrected chi connectivity index (χ3v) is 4.29. The highest BCUT2D eigenvalue weighted by molar-refractivity contribution is 7.12. The lowest BCUT2D eigenvalue weighted by Gasteiger charge is -2.01. The van der Waals surface area contributed by atoms with Crippen LogP contribution in [0.1, 0.15) is 48.8 Å². The van der Waals surface area contributed by atoms with Gasteiger partial charge in [-0.2, -0.15) is 0 Å². The van der Waals surface area contributed by atoms with Crippen LogP contribution in [-0.2, 0) is 4.74 Å². The van der Waals surface area contributed by atoms with Crippen molar-refractivity contribution in [3.63, 3.8) is 0 Å². The summed E-state index contributed by atoms with van der Waals surface area (Å²) in [6, 6.07) is 3.98. The number of rotatable bonds is 5. The number of aromatic nitrogens is 1. The number of aryl methyl sites for hydroxylation is 2. The smallest absolute Gasteiger partial charge is 0.340 e. The normalized spacial score (nSPS) is 11.1. The molecular formula is C17H19NO3S. The first-order chi connectivity index (χ1) is 10.4. The van der Waals surface area contributed by atoms with Crippen molar-refractivity contribution in [3.8, 4) is 0 Å². The second kappa shape index (κ2) is 6.75. The summed E-state index contributed by atoms with van der Waals surface area (Å²) in [5.74, 6) is -0.548. The van der Waals surface area contributed by atoms with E-state index in [4.69, 9.17) is 4.74 Å². The van der Waals surface area contributed by atoms with Gasteiger partial charge in [0.2, 0.25) is 5.78 Å². The topological polar surface area (TPSA) is 59.2 Å². The molecule has 2 aromatic heterocycles. The average Bonchev–Trinajstić information content (AvgIpc) is 3.00. The summed E-state index contributed by atoms with van der Waals surface area (Å²) in [5.41, 5.74) is 2.17. The second-order valence-corrected chi connectivity index (χ2v) is 6.31. The molecule has 22 heavy (non-hydrogen) atoms. The fourth-order valence-electron chi connectivity index (χ4n) is 2.29. The van der Waals surface area contributed by atoms with Gasteiger partial charge >= 0.3 is 5.97 Å². The zero-order valence-electron chi connectivity index (χ0n) is 13.1. The molecule has 4 nitrogen and oxygen atoms in total. The van der Waals surface area contributed by atoms with Crippen molar-refractivity contribution in [2.75, 3.05) is 6.61 Å². The van der Waals surface area contributed by atoms with Gasteiger partial charge in [-0.1, -0.05) is 0 Å². The summed E-state index contributed by atoms with van der Waals surface area (Å²) in [5, 5.41) is 0. The largest absolute Gasteiger partial charge is 0.462 e. The van der Waals surface area contributed by atoms with E-state index in [-0.39, 0.29) is 5.78 Å². The number of thiophene rings is 1. The van der Waals surface area contributed by atoms with Gasteiger partial charge in [0.15, 0.2) is 0 Å². The van der Waals surface area contributed by atoms with Crippen molar-refractivity contribution in [1.29, 1.82) is 0 Å². The lowest BCUT2D eigenvalue weighted by Crippen LogP contribution is -2.07. The number of aromatic amines is 1. The van der Waals surface area contributed by atoms with Crippen LogP contribution in [0.3, 0.4) is 0 Å². The van der Waals surface area contributed by atoms with Crippen LogP contribution in [0.4, 0.5) is 0 Å². The molecule has 0 aliphatic rings. The van der Waals surface area contributed by atoms with E-state index in [0.717, 1.165) is 4.88 Å². The van der Waals surface area contributed by atoms with E-state index in [9.17, 15) is 9.59 Å². The molecule has 0 spiro atoms. The van der Waals surface area contributed by atoms with Crippen LogP contribution >= 0.6 is 11.3 Å². The van der Waals surface area contributed by atoms with E-state index in [0.29, 0.717) is 29.1 Å². The van der Waals surface area contributed by atoms with Gasteiger partial charge in [0.05, 0.1) is 17.9 Å². The molecule has 0 unspecified atom stereocenters. The first-order valence-electron chi connectivity index (χ1n) is 7.09. The van der Waals surface area contributed by atoms with Crippen LogP contribution in [-0.4, -0.2) is 23.3 Å². The predicted octanol–water partition coefficient (Wildman–Crippen LogP) is 4.07. The standard InChI is InChI=1S/C17H19NO3S/c1-5-21-17(20)15-11(3)16(18-12(15)4)14(19)9-8-13-7-6-10(2)22-13/h6-9,18H,5H2,1-4H3/b9-8+. The zero-order valence-corrected chi connectivity index (χ0v) is 14.0. The molecule has 2 rings (SSSR count). The molecule has 116 valence electrons. The molecule has 0 saturated carbocycles. The van der Waals surface area contributed by atoms with E-state index in [1.54, 1.807) is 38.2 Å². The van der Waals surface area contributed by atoms with E-state index in [1.807, 2.05) is 19.1 Å². The summed E-state index contributed by atoms with van der Waals surface area (Å²) < 4.78 is 5.03. The van der Waals surface area contributed by atoms with Crippen molar-refractivity contribution >= 4 is 29.2 Å². The first-order valence-corrected chi connectivity index (χ1v) is 7.90. The number of nitrogens with one attached hydrogen (secondary N) is 1. The van der Waals surface area contributed by atoms with Gasteiger partial charge in [-0.15, -0.1) is 11.3 Å². The Morgan fingerprint density at radius 2 is 2.00 bits per heavy atom. The van der Waals surface area contributed by atoms with Gasteiger partial charge in [0.25, 0.3) is 0 Å². The number of esters is 1. The van der Waals surface area contributed by atoms with Crippen LogP contribution in [0.2, 0.25) is 0 Å². The molecule has 0 bridgehead atoms. The van der Waals surface area contributed by atoms with E-state index < -0.39 is 5.97 Å². The van der Waals surface area contributed by atoms with Crippen molar-refractivity contribution in [2.24, 2.45) is 0 Å². The average molecular weight is 317 g/mol. The van der Waals surface area contributed by atoms with Crippen molar-refractivity contribution < 1.29 is 14.3 Å². The summed E-state index contributed by atoms with van der Waals surface area (Å²) in [4.78, 5) is 29.5. The predicted molar refractivity (Wildman–Crippen MR) is 88.6 cm³/mol. The summed E-state index contributed by atoms with van der Waals surface area (Å²) >= 11 is 1.63. The number of allylic oxidation sites excluding steroid dienone is 1. The molecular weight excluding hydrogens is 298 g/mol. The zero-order chi connectivity index (χ0) is 16.3. The Labute approximate surface area is 133 Å². The lowest BCUT2D eigenvalue weighted by molar-refractivity contribution is 0.0525. The second-order valence-electron chi connectivity index (χ2n) is 4.99. The van der Waals surface area contributed by atoms with E-state index in [2.05, 4.69) is 4.98 Å². The fourth-order valence-corrected chi connectivity index (χ4v) is 3.07. The number of carbonyl (C=O) groups excluding carboxylic acids is 2. The minimum atomic E-state index is -0.398. The first kappa shape index (κ1) is 16.2. The fraction of sp³-hybridized carbons (Fsp3) is 0.294. The van der Waals surface area contributed by atoms with Crippen molar-refractivity contribution in [3.05, 3.63) is 50.5 Å². The van der Waals surface area contributed by atoms with Gasteiger partial charge in [0, 0.05) is 15.4 Å². The van der Waals surface area contributed by atoms with Gasteiger partial charge in [-0.25, -0.2) is 4.79 Å². The van der Waals surface area contributed by atoms with Gasteiger partial charge in [-0.05, 0) is 57.5 Å². The van der Waals surface area contributed by atoms with E-state index in [1.165, 1.54) is 11.0 Å². The maximum atomic E-state index is 12.3. The van der Waals surface area contributed by atoms with Crippen LogP contribution in [0.5, 0.6) is 0 Å². The van der Waals surface area contributed by atoms with E-state index >= 15 is 0 Å². The summed E-state index contributed by atoms with van der Waals surface area (Å²) in [7, 11) is 0. The number of ether oxygens (including phenoxy) is 1. The number of H-pyrrole nitrogens is 1. The molecule has 0 aromatic carbocycles. The quantitative estimate of drug-likeness (QED) is 0.513. The lowest BCUT2D eigenvalue weighted by atomic mass is 10.1. The highest BCUT2D eigenvalue weighted by atomic mass is 32.1. The van der Waals surface area contributed by atoms with Gasteiger partial charge < -0.3 is 9.72 Å². The molecule has 0 fully saturated rings. The molecule has 0 aliphatic heterocycles. The summed E-state index contributed by atoms with van der Waals surface area (Å²) in [6.45, 7) is 7.61. The Hall–Kier alpha value is -2.14. The van der Waals surface area contributed by atoms with Gasteiger partial charge in [-0.3, -0.25) is 4.79 Å². The molecule has 2 aromatic rings. The Morgan fingerprint density at radius 3 is 2.59 bits per heavy atom. The number of carbonyl (C=O) groups is 2. The van der Waals surface area contributed by atoms with Crippen LogP contribution in [0.15, 0.2) is 18.2 Å². The number of ketones is 1. The Balaban J connectivity index is 2.25.